The number of rotatable bonds is 8. The minimum Gasteiger partial charge on any atom is -0.0622 e. The first kappa shape index (κ1) is 60.7. The largest absolute Gasteiger partial charge is 0.0622 e. The van der Waals surface area contributed by atoms with Gasteiger partial charge in [0.2, 0.25) is 0 Å². The zero-order chi connectivity index (χ0) is 68.2. The van der Waals surface area contributed by atoms with Crippen LogP contribution >= 0.6 is 0 Å². The fourth-order valence-electron chi connectivity index (χ4n) is 17.3. The third kappa shape index (κ3) is 10.0. The van der Waals surface area contributed by atoms with Gasteiger partial charge in [0.25, 0.3) is 0 Å². The molecule has 20 rings (SSSR count). The van der Waals surface area contributed by atoms with Gasteiger partial charge in [-0.3, -0.25) is 0 Å². The molecule has 18 aromatic rings. The molecule has 2 aliphatic rings. The van der Waals surface area contributed by atoms with E-state index in [-0.39, 0.29) is 10.8 Å². The van der Waals surface area contributed by atoms with Gasteiger partial charge in [-0.05, 0) is 235 Å². The molecule has 0 aromatic heterocycles. The molecule has 0 N–H and O–H groups in total. The second-order valence-electron chi connectivity index (χ2n) is 29.0. The Morgan fingerprint density at radius 3 is 0.833 bits per heavy atom. The number of hydrogen-bond donors (Lipinski definition) is 0. The Morgan fingerprint density at radius 1 is 0.147 bits per heavy atom. The third-order valence-electron chi connectivity index (χ3n) is 22.5. The molecule has 2 aliphatic carbocycles. The van der Waals surface area contributed by atoms with Crippen molar-refractivity contribution in [3.63, 3.8) is 0 Å². The molecular weight excluding hydrogens is 1230 g/mol. The van der Waals surface area contributed by atoms with Crippen LogP contribution in [0.2, 0.25) is 0 Å². The number of fused-ring (bicyclic) bond motifs is 12. The zero-order valence-electron chi connectivity index (χ0n) is 57.6. The first-order chi connectivity index (χ1) is 50.1. The molecule has 0 radical (unpaired) electrons. The molecule has 480 valence electrons. The van der Waals surface area contributed by atoms with Crippen LogP contribution in [0.4, 0.5) is 0 Å². The number of hydrogen-bond acceptors (Lipinski definition) is 0. The predicted molar refractivity (Wildman–Crippen MR) is 437 cm³/mol. The summed E-state index contributed by atoms with van der Waals surface area (Å²) in [6.07, 6.45) is 0. The molecule has 0 heteroatoms. The topological polar surface area (TPSA) is 0 Å². The van der Waals surface area contributed by atoms with E-state index in [9.17, 15) is 0 Å². The highest BCUT2D eigenvalue weighted by Crippen LogP contribution is 2.54. The fourth-order valence-corrected chi connectivity index (χ4v) is 17.3. The van der Waals surface area contributed by atoms with Crippen LogP contribution in [-0.2, 0) is 10.8 Å². The standard InChI is InChI=1S/C53H38.C49H34/c1-53(2)49-20-12-11-17-43(49)44-31-29-42(34-50(44)53)41-30-32-47-48(33-41)52(40-27-23-38(24-28-40)36-15-7-4-8-16-36)46-19-10-9-18-45(46)51(47)39-25-21-37(22-26-39)35-13-5-3-6-14-35;1-49(2)45-18-10-9-15-39(45)40-25-23-36(30-46(40)49)35-24-26-43-44(29-35)48(38-22-20-32-12-4-6-14-34(32)28-38)42-17-8-7-16-41(42)47(43)37-21-19-31-11-3-5-13-33(31)27-37/h3-34H,1-2H3;3-30H,1-2H3. The smallest absolute Gasteiger partial charge is 0.0159 e. The van der Waals surface area contributed by atoms with Gasteiger partial charge in [-0.1, -0.05) is 355 Å². The Bertz CT molecular complexity index is 6380. The highest BCUT2D eigenvalue weighted by Gasteiger charge is 2.37. The van der Waals surface area contributed by atoms with Crippen molar-refractivity contribution < 1.29 is 0 Å². The van der Waals surface area contributed by atoms with E-state index in [0.29, 0.717) is 0 Å². The maximum absolute atomic E-state index is 2.45. The van der Waals surface area contributed by atoms with Crippen molar-refractivity contribution in [3.05, 3.63) is 386 Å². The van der Waals surface area contributed by atoms with Crippen molar-refractivity contribution in [1.29, 1.82) is 0 Å². The van der Waals surface area contributed by atoms with E-state index in [4.69, 9.17) is 0 Å². The van der Waals surface area contributed by atoms with Crippen molar-refractivity contribution in [2.24, 2.45) is 0 Å². The predicted octanol–water partition coefficient (Wildman–Crippen LogP) is 28.2. The Morgan fingerprint density at radius 2 is 0.412 bits per heavy atom. The van der Waals surface area contributed by atoms with Crippen LogP contribution in [0.3, 0.4) is 0 Å². The van der Waals surface area contributed by atoms with Gasteiger partial charge in [0.1, 0.15) is 0 Å². The maximum atomic E-state index is 2.45. The molecule has 102 heavy (non-hydrogen) atoms. The molecule has 0 spiro atoms. The molecule has 0 aliphatic heterocycles. The summed E-state index contributed by atoms with van der Waals surface area (Å²) < 4.78 is 0. The van der Waals surface area contributed by atoms with E-state index in [1.807, 2.05) is 0 Å². The Labute approximate surface area is 596 Å². The molecular formula is C102H72. The van der Waals surface area contributed by atoms with Gasteiger partial charge >= 0.3 is 0 Å². The summed E-state index contributed by atoms with van der Waals surface area (Å²) in [7, 11) is 0. The SMILES string of the molecule is CC1(C)c2ccccc2-c2ccc(-c3ccc4c(-c5ccc(-c6ccccc6)cc5)c5ccccc5c(-c5ccc(-c6ccccc6)cc5)c4c3)cc21.CC1(C)c2ccccc2-c2ccc(-c3ccc4c(-c5ccc6ccccc6c5)c5ccccc5c(-c5ccc6ccccc6c5)c4c3)cc21. The molecule has 0 amide bonds. The highest BCUT2D eigenvalue weighted by molar-refractivity contribution is 6.24. The monoisotopic (exact) mass is 1300 g/mol. The summed E-state index contributed by atoms with van der Waals surface area (Å²) >= 11 is 0. The van der Waals surface area contributed by atoms with Crippen LogP contribution in [0.25, 0.3) is 176 Å². The van der Waals surface area contributed by atoms with Crippen LogP contribution in [0.1, 0.15) is 49.9 Å². The summed E-state index contributed by atoms with van der Waals surface area (Å²) in [5, 5.41) is 15.2. The van der Waals surface area contributed by atoms with Crippen LogP contribution in [0.15, 0.2) is 364 Å². The first-order valence-corrected chi connectivity index (χ1v) is 35.9. The van der Waals surface area contributed by atoms with Crippen molar-refractivity contribution in [2.75, 3.05) is 0 Å². The van der Waals surface area contributed by atoms with Crippen LogP contribution in [0, 0.1) is 0 Å². The quantitative estimate of drug-likeness (QED) is 0.133. The minimum absolute atomic E-state index is 0.0471. The fraction of sp³-hybridized carbons (Fsp3) is 0.0588. The van der Waals surface area contributed by atoms with Gasteiger partial charge in [-0.2, -0.15) is 0 Å². The summed E-state index contributed by atoms with van der Waals surface area (Å²) in [6.45, 7) is 9.45. The summed E-state index contributed by atoms with van der Waals surface area (Å²) in [4.78, 5) is 0. The van der Waals surface area contributed by atoms with Gasteiger partial charge in [0.15, 0.2) is 0 Å². The van der Waals surface area contributed by atoms with Gasteiger partial charge in [0.05, 0.1) is 0 Å². The molecule has 0 saturated heterocycles. The summed E-state index contributed by atoms with van der Waals surface area (Å²) in [5.41, 5.74) is 30.9. The lowest BCUT2D eigenvalue weighted by Gasteiger charge is -2.22. The second kappa shape index (κ2) is 24.2. The Hall–Kier alpha value is -12.5. The molecule has 0 nitrogen and oxygen atoms in total. The third-order valence-corrected chi connectivity index (χ3v) is 22.5. The first-order valence-electron chi connectivity index (χ1n) is 35.9. The van der Waals surface area contributed by atoms with Crippen LogP contribution < -0.4 is 0 Å². The molecule has 0 saturated carbocycles. The van der Waals surface area contributed by atoms with Gasteiger partial charge in [-0.25, -0.2) is 0 Å². The molecule has 0 heterocycles. The van der Waals surface area contributed by atoms with Crippen molar-refractivity contribution in [2.45, 2.75) is 38.5 Å². The van der Waals surface area contributed by atoms with Crippen molar-refractivity contribution >= 4 is 64.6 Å². The zero-order valence-corrected chi connectivity index (χ0v) is 57.6. The highest BCUT2D eigenvalue weighted by atomic mass is 14.4. The second-order valence-corrected chi connectivity index (χ2v) is 29.0. The maximum Gasteiger partial charge on any atom is 0.0159 e. The molecule has 0 bridgehead atoms. The average molecular weight is 1300 g/mol. The van der Waals surface area contributed by atoms with E-state index in [1.54, 1.807) is 0 Å². The van der Waals surface area contributed by atoms with Crippen molar-refractivity contribution in [3.8, 4) is 111 Å². The van der Waals surface area contributed by atoms with Crippen LogP contribution in [0.5, 0.6) is 0 Å². The van der Waals surface area contributed by atoms with E-state index < -0.39 is 0 Å². The Balaban J connectivity index is 0.000000142. The van der Waals surface area contributed by atoms with Gasteiger partial charge in [0, 0.05) is 10.8 Å². The lowest BCUT2D eigenvalue weighted by molar-refractivity contribution is 0.660. The van der Waals surface area contributed by atoms with Gasteiger partial charge in [-0.15, -0.1) is 0 Å². The van der Waals surface area contributed by atoms with E-state index >= 15 is 0 Å². The van der Waals surface area contributed by atoms with E-state index in [1.165, 1.54) is 198 Å². The number of benzene rings is 18. The summed E-state index contributed by atoms with van der Waals surface area (Å²) in [6, 6.07) is 135. The average Bonchev–Trinajstić information content (AvgIpc) is 1.02. The van der Waals surface area contributed by atoms with E-state index in [2.05, 4.69) is 392 Å². The molecule has 0 fully saturated rings. The normalized spacial score (nSPS) is 13.1. The lowest BCUT2D eigenvalue weighted by atomic mass is 9.81. The van der Waals surface area contributed by atoms with Gasteiger partial charge < -0.3 is 0 Å². The lowest BCUT2D eigenvalue weighted by Crippen LogP contribution is -2.14. The molecule has 0 atom stereocenters. The van der Waals surface area contributed by atoms with Crippen LogP contribution in [-0.4, -0.2) is 0 Å². The minimum atomic E-state index is -0.0558. The molecule has 18 aromatic carbocycles. The van der Waals surface area contributed by atoms with Crippen molar-refractivity contribution in [1.82, 2.24) is 0 Å². The summed E-state index contributed by atoms with van der Waals surface area (Å²) in [5.74, 6) is 0. The van der Waals surface area contributed by atoms with E-state index in [0.717, 1.165) is 0 Å². The molecule has 0 unspecified atom stereocenters. The Kier molecular flexibility index (Phi) is 14.4.